The van der Waals surface area contributed by atoms with Crippen LogP contribution in [0.15, 0.2) is 29.2 Å². The number of carboxylic acid groups (broad SMARTS) is 1. The largest absolute Gasteiger partial charge is 0.481 e. The van der Waals surface area contributed by atoms with Crippen LogP contribution in [0.1, 0.15) is 13.8 Å². The Hall–Kier alpha value is -1.60. The molecule has 106 valence electrons. The van der Waals surface area contributed by atoms with Gasteiger partial charge in [0, 0.05) is 11.7 Å². The van der Waals surface area contributed by atoms with Crippen LogP contribution in [0, 0.1) is 5.92 Å². The van der Waals surface area contributed by atoms with Gasteiger partial charge in [0.1, 0.15) is 0 Å². The zero-order valence-corrected chi connectivity index (χ0v) is 11.9. The summed E-state index contributed by atoms with van der Waals surface area (Å²) in [5.41, 5.74) is 0.677. The summed E-state index contributed by atoms with van der Waals surface area (Å²) in [7, 11) is -2.10. The van der Waals surface area contributed by atoms with E-state index in [0.717, 1.165) is 0 Å². The van der Waals surface area contributed by atoms with E-state index in [2.05, 4.69) is 10.0 Å². The summed E-state index contributed by atoms with van der Waals surface area (Å²) >= 11 is 0. The number of sulfonamides is 1. The highest BCUT2D eigenvalue weighted by molar-refractivity contribution is 7.89. The number of hydrogen-bond acceptors (Lipinski definition) is 4. The summed E-state index contributed by atoms with van der Waals surface area (Å²) in [6, 6.07) is 5.88. The molecule has 0 aliphatic rings. The Bertz CT molecular complexity index is 539. The van der Waals surface area contributed by atoms with E-state index in [9.17, 15) is 13.2 Å². The first kappa shape index (κ1) is 15.5. The predicted molar refractivity (Wildman–Crippen MR) is 72.6 cm³/mol. The van der Waals surface area contributed by atoms with Crippen molar-refractivity contribution in [1.29, 1.82) is 0 Å². The molecule has 0 spiro atoms. The minimum absolute atomic E-state index is 0.166. The number of benzene rings is 1. The minimum Gasteiger partial charge on any atom is -0.481 e. The fraction of sp³-hybridized carbons (Fsp3) is 0.417. The molecular formula is C12H18N2O4S. The summed E-state index contributed by atoms with van der Waals surface area (Å²) in [6.07, 6.45) is 0. The van der Waals surface area contributed by atoms with Crippen LogP contribution in [0.4, 0.5) is 5.69 Å². The van der Waals surface area contributed by atoms with E-state index >= 15 is 0 Å². The maximum atomic E-state index is 11.5. The number of carbonyl (C=O) groups is 1. The summed E-state index contributed by atoms with van der Waals surface area (Å²) in [5.74, 6) is -1.42. The van der Waals surface area contributed by atoms with Crippen molar-refractivity contribution in [3.05, 3.63) is 24.3 Å². The zero-order valence-electron chi connectivity index (χ0n) is 11.0. The SMILES string of the molecule is CNS(=O)(=O)c1ccc(NC(C)C(C)C(=O)O)cc1. The number of rotatable bonds is 6. The number of aliphatic carboxylic acids is 1. The Morgan fingerprint density at radius 1 is 1.21 bits per heavy atom. The Kier molecular flexibility index (Phi) is 4.90. The molecule has 1 rings (SSSR count). The molecule has 19 heavy (non-hydrogen) atoms. The molecular weight excluding hydrogens is 268 g/mol. The monoisotopic (exact) mass is 286 g/mol. The zero-order chi connectivity index (χ0) is 14.6. The highest BCUT2D eigenvalue weighted by atomic mass is 32.2. The molecule has 0 aliphatic carbocycles. The van der Waals surface area contributed by atoms with Crippen molar-refractivity contribution in [1.82, 2.24) is 4.72 Å². The Labute approximate surface area is 112 Å². The highest BCUT2D eigenvalue weighted by Gasteiger charge is 2.19. The molecule has 6 nitrogen and oxygen atoms in total. The quantitative estimate of drug-likeness (QED) is 0.728. The lowest BCUT2D eigenvalue weighted by Crippen LogP contribution is -2.29. The van der Waals surface area contributed by atoms with Crippen LogP contribution < -0.4 is 10.0 Å². The smallest absolute Gasteiger partial charge is 0.308 e. The molecule has 0 heterocycles. The predicted octanol–water partition coefficient (Wildman–Crippen LogP) is 1.12. The van der Waals surface area contributed by atoms with Gasteiger partial charge in [0.15, 0.2) is 0 Å². The van der Waals surface area contributed by atoms with Crippen LogP contribution >= 0.6 is 0 Å². The third kappa shape index (κ3) is 3.93. The van der Waals surface area contributed by atoms with Crippen LogP contribution in [-0.4, -0.2) is 32.6 Å². The Balaban J connectivity index is 2.81. The third-order valence-corrected chi connectivity index (χ3v) is 4.40. The van der Waals surface area contributed by atoms with Crippen LogP contribution in [0.3, 0.4) is 0 Å². The van der Waals surface area contributed by atoms with E-state index in [-0.39, 0.29) is 10.9 Å². The minimum atomic E-state index is -3.45. The first-order valence-corrected chi connectivity index (χ1v) is 7.29. The molecule has 0 fully saturated rings. The van der Waals surface area contributed by atoms with Crippen molar-refractivity contribution in [2.75, 3.05) is 12.4 Å². The third-order valence-electron chi connectivity index (χ3n) is 2.97. The van der Waals surface area contributed by atoms with E-state index in [1.54, 1.807) is 26.0 Å². The fourth-order valence-electron chi connectivity index (χ4n) is 1.45. The van der Waals surface area contributed by atoms with Crippen molar-refractivity contribution in [3.8, 4) is 0 Å². The molecule has 0 aliphatic heterocycles. The van der Waals surface area contributed by atoms with Gasteiger partial charge in [-0.3, -0.25) is 4.79 Å². The molecule has 0 bridgehead atoms. The molecule has 2 unspecified atom stereocenters. The second-order valence-electron chi connectivity index (χ2n) is 4.29. The molecule has 0 aromatic heterocycles. The second kappa shape index (κ2) is 6.03. The Morgan fingerprint density at radius 3 is 2.16 bits per heavy atom. The van der Waals surface area contributed by atoms with Gasteiger partial charge < -0.3 is 10.4 Å². The van der Waals surface area contributed by atoms with Crippen LogP contribution in [0.5, 0.6) is 0 Å². The fourth-order valence-corrected chi connectivity index (χ4v) is 2.18. The lowest BCUT2D eigenvalue weighted by atomic mass is 10.0. The maximum absolute atomic E-state index is 11.5. The number of carboxylic acids is 1. The number of hydrogen-bond donors (Lipinski definition) is 3. The van der Waals surface area contributed by atoms with E-state index in [4.69, 9.17) is 5.11 Å². The van der Waals surface area contributed by atoms with Gasteiger partial charge >= 0.3 is 5.97 Å². The van der Waals surface area contributed by atoms with Gasteiger partial charge in [0.25, 0.3) is 0 Å². The molecule has 1 aromatic rings. The molecule has 0 saturated heterocycles. The van der Waals surface area contributed by atoms with Crippen LogP contribution in [0.2, 0.25) is 0 Å². The van der Waals surface area contributed by atoms with E-state index < -0.39 is 21.9 Å². The highest BCUT2D eigenvalue weighted by Crippen LogP contribution is 2.16. The van der Waals surface area contributed by atoms with Gasteiger partial charge in [-0.1, -0.05) is 0 Å². The van der Waals surface area contributed by atoms with Gasteiger partial charge in [-0.25, -0.2) is 13.1 Å². The molecule has 7 heteroatoms. The average Bonchev–Trinajstić information content (AvgIpc) is 2.38. The van der Waals surface area contributed by atoms with Crippen molar-refractivity contribution in [2.45, 2.75) is 24.8 Å². The second-order valence-corrected chi connectivity index (χ2v) is 6.18. The first-order valence-electron chi connectivity index (χ1n) is 5.81. The summed E-state index contributed by atoms with van der Waals surface area (Å²) in [6.45, 7) is 3.37. The van der Waals surface area contributed by atoms with Crippen molar-refractivity contribution < 1.29 is 18.3 Å². The normalized spacial score (nSPS) is 14.7. The molecule has 0 amide bonds. The first-order chi connectivity index (χ1) is 8.77. The van der Waals surface area contributed by atoms with Crippen molar-refractivity contribution in [3.63, 3.8) is 0 Å². The summed E-state index contributed by atoms with van der Waals surface area (Å²) < 4.78 is 25.3. The van der Waals surface area contributed by atoms with E-state index in [1.807, 2.05) is 0 Å². The van der Waals surface area contributed by atoms with Crippen molar-refractivity contribution >= 4 is 21.7 Å². The number of anilines is 1. The van der Waals surface area contributed by atoms with Gasteiger partial charge in [-0.05, 0) is 45.2 Å². The molecule has 1 aromatic carbocycles. The topological polar surface area (TPSA) is 95.5 Å². The lowest BCUT2D eigenvalue weighted by molar-refractivity contribution is -0.141. The summed E-state index contributed by atoms with van der Waals surface area (Å²) in [5, 5.41) is 11.9. The van der Waals surface area contributed by atoms with E-state index in [0.29, 0.717) is 5.69 Å². The van der Waals surface area contributed by atoms with Crippen LogP contribution in [0.25, 0.3) is 0 Å². The average molecular weight is 286 g/mol. The molecule has 0 radical (unpaired) electrons. The van der Waals surface area contributed by atoms with E-state index in [1.165, 1.54) is 19.2 Å². The van der Waals surface area contributed by atoms with Crippen molar-refractivity contribution in [2.24, 2.45) is 5.92 Å². The number of nitrogens with one attached hydrogen (secondary N) is 2. The van der Waals surface area contributed by atoms with Gasteiger partial charge in [0.05, 0.1) is 10.8 Å². The molecule has 3 N–H and O–H groups in total. The standard InChI is InChI=1S/C12H18N2O4S/c1-8(12(15)16)9(2)14-10-4-6-11(7-5-10)19(17,18)13-3/h4-9,13-14H,1-3H3,(H,15,16). The van der Waals surface area contributed by atoms with Crippen LogP contribution in [-0.2, 0) is 14.8 Å². The lowest BCUT2D eigenvalue weighted by Gasteiger charge is -2.19. The maximum Gasteiger partial charge on any atom is 0.308 e. The van der Waals surface area contributed by atoms with Gasteiger partial charge in [-0.2, -0.15) is 0 Å². The summed E-state index contributed by atoms with van der Waals surface area (Å²) in [4.78, 5) is 11.0. The molecule has 0 saturated carbocycles. The Morgan fingerprint density at radius 2 is 1.74 bits per heavy atom. The molecule has 2 atom stereocenters. The van der Waals surface area contributed by atoms with Gasteiger partial charge in [-0.15, -0.1) is 0 Å². The van der Waals surface area contributed by atoms with Gasteiger partial charge in [0.2, 0.25) is 10.0 Å².